The van der Waals surface area contributed by atoms with Gasteiger partial charge in [-0.3, -0.25) is 9.59 Å². The third kappa shape index (κ3) is 3.56. The highest BCUT2D eigenvalue weighted by Crippen LogP contribution is 2.24. The van der Waals surface area contributed by atoms with Crippen LogP contribution in [0.4, 0.5) is 0 Å². The lowest BCUT2D eigenvalue weighted by Gasteiger charge is -2.37. The molecule has 5 nitrogen and oxygen atoms in total. The smallest absolute Gasteiger partial charge is 0.308 e. The lowest BCUT2D eigenvalue weighted by atomic mass is 9.90. The molecule has 2 atom stereocenters. The van der Waals surface area contributed by atoms with E-state index in [1.807, 2.05) is 12.3 Å². The highest BCUT2D eigenvalue weighted by Gasteiger charge is 2.34. The molecule has 20 heavy (non-hydrogen) atoms. The molecule has 0 unspecified atom stereocenters. The number of hydrogen-bond donors (Lipinski definition) is 1. The molecule has 0 spiro atoms. The predicted molar refractivity (Wildman–Crippen MR) is 76.6 cm³/mol. The maximum atomic E-state index is 12.2. The van der Waals surface area contributed by atoms with Crippen LogP contribution in [0.3, 0.4) is 0 Å². The minimum Gasteiger partial charge on any atom is -0.481 e. The van der Waals surface area contributed by atoms with E-state index in [1.54, 1.807) is 22.4 Å². The van der Waals surface area contributed by atoms with Gasteiger partial charge in [0.15, 0.2) is 0 Å². The molecule has 0 radical (unpaired) electrons. The van der Waals surface area contributed by atoms with Crippen LogP contribution in [-0.4, -0.2) is 39.5 Å². The SMILES string of the molecule is C[C@@H]1[C@H](C(=O)O)CCCN1C(=O)CCCc1nccs1. The van der Waals surface area contributed by atoms with Crippen LogP contribution in [0.2, 0.25) is 0 Å². The summed E-state index contributed by atoms with van der Waals surface area (Å²) in [5.74, 6) is -1.15. The summed E-state index contributed by atoms with van der Waals surface area (Å²) in [5.41, 5.74) is 0. The van der Waals surface area contributed by atoms with Crippen LogP contribution in [-0.2, 0) is 16.0 Å². The van der Waals surface area contributed by atoms with E-state index in [1.165, 1.54) is 0 Å². The van der Waals surface area contributed by atoms with Crippen LogP contribution >= 0.6 is 11.3 Å². The molecule has 1 aliphatic heterocycles. The Hall–Kier alpha value is -1.43. The fourth-order valence-electron chi connectivity index (χ4n) is 2.74. The zero-order chi connectivity index (χ0) is 14.5. The third-order valence-electron chi connectivity index (χ3n) is 3.89. The number of carbonyl (C=O) groups excluding carboxylic acids is 1. The van der Waals surface area contributed by atoms with Crippen molar-refractivity contribution in [2.45, 2.75) is 45.1 Å². The van der Waals surface area contributed by atoms with Gasteiger partial charge in [0.05, 0.1) is 10.9 Å². The zero-order valence-corrected chi connectivity index (χ0v) is 12.4. The van der Waals surface area contributed by atoms with Crippen molar-refractivity contribution in [2.24, 2.45) is 5.92 Å². The number of amides is 1. The summed E-state index contributed by atoms with van der Waals surface area (Å²) >= 11 is 1.60. The molecule has 110 valence electrons. The molecule has 1 fully saturated rings. The molecule has 1 N–H and O–H groups in total. The Morgan fingerprint density at radius 3 is 3.00 bits per heavy atom. The van der Waals surface area contributed by atoms with Crippen molar-refractivity contribution in [1.82, 2.24) is 9.88 Å². The molecular weight excluding hydrogens is 276 g/mol. The first-order chi connectivity index (χ1) is 9.59. The molecule has 2 rings (SSSR count). The molecule has 1 aliphatic rings. The van der Waals surface area contributed by atoms with Crippen LogP contribution in [0.15, 0.2) is 11.6 Å². The largest absolute Gasteiger partial charge is 0.481 e. The van der Waals surface area contributed by atoms with Crippen LogP contribution in [0, 0.1) is 5.92 Å². The van der Waals surface area contributed by atoms with E-state index < -0.39 is 11.9 Å². The Bertz CT molecular complexity index is 461. The Balaban J connectivity index is 1.83. The minimum atomic E-state index is -0.794. The maximum absolute atomic E-state index is 12.2. The lowest BCUT2D eigenvalue weighted by Crippen LogP contribution is -2.49. The molecule has 6 heteroatoms. The normalized spacial score (nSPS) is 22.8. The van der Waals surface area contributed by atoms with Crippen molar-refractivity contribution in [3.63, 3.8) is 0 Å². The van der Waals surface area contributed by atoms with Crippen molar-refractivity contribution < 1.29 is 14.7 Å². The van der Waals surface area contributed by atoms with Crippen molar-refractivity contribution in [2.75, 3.05) is 6.54 Å². The Kier molecular flexibility index (Phi) is 5.11. The molecule has 0 saturated carbocycles. The number of aromatic nitrogens is 1. The predicted octanol–water partition coefficient (Wildman–Crippen LogP) is 2.18. The fraction of sp³-hybridized carbons (Fsp3) is 0.643. The zero-order valence-electron chi connectivity index (χ0n) is 11.6. The average Bonchev–Trinajstić information content (AvgIpc) is 2.91. The van der Waals surface area contributed by atoms with Crippen LogP contribution in [0.25, 0.3) is 0 Å². The van der Waals surface area contributed by atoms with Gasteiger partial charge < -0.3 is 10.0 Å². The van der Waals surface area contributed by atoms with E-state index >= 15 is 0 Å². The van der Waals surface area contributed by atoms with E-state index in [2.05, 4.69) is 4.98 Å². The number of piperidine rings is 1. The molecular formula is C14H20N2O3S. The van der Waals surface area contributed by atoms with Gasteiger partial charge in [0, 0.05) is 30.6 Å². The van der Waals surface area contributed by atoms with Gasteiger partial charge in [-0.25, -0.2) is 4.98 Å². The Morgan fingerprint density at radius 1 is 1.55 bits per heavy atom. The lowest BCUT2D eigenvalue weighted by molar-refractivity contribution is -0.149. The number of nitrogens with zero attached hydrogens (tertiary/aromatic N) is 2. The van der Waals surface area contributed by atoms with Gasteiger partial charge in [-0.15, -0.1) is 11.3 Å². The van der Waals surface area contributed by atoms with E-state index in [4.69, 9.17) is 5.11 Å². The average molecular weight is 296 g/mol. The highest BCUT2D eigenvalue weighted by molar-refractivity contribution is 7.09. The third-order valence-corrected chi connectivity index (χ3v) is 4.73. The second kappa shape index (κ2) is 6.83. The number of rotatable bonds is 5. The van der Waals surface area contributed by atoms with Gasteiger partial charge >= 0.3 is 5.97 Å². The number of aryl methyl sites for hydroxylation is 1. The van der Waals surface area contributed by atoms with Gasteiger partial charge in [-0.2, -0.15) is 0 Å². The summed E-state index contributed by atoms with van der Waals surface area (Å²) in [7, 11) is 0. The van der Waals surface area contributed by atoms with Crippen molar-refractivity contribution >= 4 is 23.2 Å². The molecule has 2 heterocycles. The van der Waals surface area contributed by atoms with Crippen molar-refractivity contribution in [3.8, 4) is 0 Å². The maximum Gasteiger partial charge on any atom is 0.308 e. The number of hydrogen-bond acceptors (Lipinski definition) is 4. The number of aliphatic carboxylic acids is 1. The molecule has 1 amide bonds. The van der Waals surface area contributed by atoms with Crippen LogP contribution in [0.5, 0.6) is 0 Å². The fourth-order valence-corrected chi connectivity index (χ4v) is 3.40. The summed E-state index contributed by atoms with van der Waals surface area (Å²) in [6, 6.07) is -0.200. The number of likely N-dealkylation sites (tertiary alicyclic amines) is 1. The number of carboxylic acids is 1. The summed E-state index contributed by atoms with van der Waals surface area (Å²) in [4.78, 5) is 29.3. The Morgan fingerprint density at radius 2 is 2.35 bits per heavy atom. The standard InChI is InChI=1S/C14H20N2O3S/c1-10-11(14(18)19)4-3-8-16(10)13(17)6-2-5-12-15-7-9-20-12/h7,9-11H,2-6,8H2,1H3,(H,18,19)/t10-,11-/m1/s1. The monoisotopic (exact) mass is 296 g/mol. The summed E-state index contributed by atoms with van der Waals surface area (Å²) in [5, 5.41) is 12.1. The summed E-state index contributed by atoms with van der Waals surface area (Å²) < 4.78 is 0. The van der Waals surface area contributed by atoms with Gasteiger partial charge in [-0.1, -0.05) is 0 Å². The van der Waals surface area contributed by atoms with E-state index in [9.17, 15) is 9.59 Å². The first-order valence-corrected chi connectivity index (χ1v) is 7.88. The topological polar surface area (TPSA) is 70.5 Å². The van der Waals surface area contributed by atoms with E-state index in [0.717, 1.165) is 24.3 Å². The molecule has 1 saturated heterocycles. The van der Waals surface area contributed by atoms with Gasteiger partial charge in [-0.05, 0) is 32.6 Å². The van der Waals surface area contributed by atoms with Crippen molar-refractivity contribution in [1.29, 1.82) is 0 Å². The summed E-state index contributed by atoms with van der Waals surface area (Å²) in [6.45, 7) is 2.53. The minimum absolute atomic E-state index is 0.0695. The molecule has 1 aromatic heterocycles. The molecule has 1 aromatic rings. The highest BCUT2D eigenvalue weighted by atomic mass is 32.1. The van der Waals surface area contributed by atoms with Crippen LogP contribution in [0.1, 0.15) is 37.6 Å². The van der Waals surface area contributed by atoms with E-state index in [-0.39, 0.29) is 11.9 Å². The molecule has 0 aromatic carbocycles. The van der Waals surface area contributed by atoms with Gasteiger partial charge in [0.2, 0.25) is 5.91 Å². The number of carbonyl (C=O) groups is 2. The molecule has 0 aliphatic carbocycles. The first-order valence-electron chi connectivity index (χ1n) is 7.00. The van der Waals surface area contributed by atoms with Gasteiger partial charge in [0.1, 0.15) is 0 Å². The second-order valence-corrected chi connectivity index (χ2v) is 6.17. The quantitative estimate of drug-likeness (QED) is 0.904. The summed E-state index contributed by atoms with van der Waals surface area (Å²) in [6.07, 6.45) is 5.27. The number of carboxylic acid groups (broad SMARTS) is 1. The number of thiazole rings is 1. The van der Waals surface area contributed by atoms with Crippen LogP contribution < -0.4 is 0 Å². The first kappa shape index (κ1) is 15.0. The van der Waals surface area contributed by atoms with Crippen molar-refractivity contribution in [3.05, 3.63) is 16.6 Å². The second-order valence-electron chi connectivity index (χ2n) is 5.19. The Labute approximate surface area is 122 Å². The van der Waals surface area contributed by atoms with E-state index in [0.29, 0.717) is 19.4 Å². The van der Waals surface area contributed by atoms with Gasteiger partial charge in [0.25, 0.3) is 0 Å². The molecule has 0 bridgehead atoms.